The van der Waals surface area contributed by atoms with Crippen LogP contribution in [0.3, 0.4) is 0 Å². The summed E-state index contributed by atoms with van der Waals surface area (Å²) in [5.74, 6) is 1.55. The maximum atomic E-state index is 3.74. The average Bonchev–Trinajstić information content (AvgIpc) is 2.49. The van der Waals surface area contributed by atoms with Crippen molar-refractivity contribution in [3.8, 4) is 0 Å². The quantitative estimate of drug-likeness (QED) is 0.650. The SMILES string of the molecule is CC1C(Br)CCC1c1ccccc1. The van der Waals surface area contributed by atoms with Crippen LogP contribution < -0.4 is 0 Å². The number of hydrogen-bond donors (Lipinski definition) is 0. The Morgan fingerprint density at radius 3 is 2.38 bits per heavy atom. The second-order valence-electron chi connectivity index (χ2n) is 3.97. The molecule has 0 radical (unpaired) electrons. The van der Waals surface area contributed by atoms with Crippen molar-refractivity contribution in [2.45, 2.75) is 30.5 Å². The summed E-state index contributed by atoms with van der Waals surface area (Å²) in [6.45, 7) is 2.35. The van der Waals surface area contributed by atoms with Crippen molar-refractivity contribution in [3.05, 3.63) is 35.9 Å². The number of halogens is 1. The Hall–Kier alpha value is -0.300. The largest absolute Gasteiger partial charge is 0.0888 e. The number of alkyl halides is 1. The van der Waals surface area contributed by atoms with Crippen LogP contribution in [0.4, 0.5) is 0 Å². The second kappa shape index (κ2) is 3.83. The van der Waals surface area contributed by atoms with Crippen molar-refractivity contribution < 1.29 is 0 Å². The summed E-state index contributed by atoms with van der Waals surface area (Å²) in [5, 5.41) is 0. The smallest absolute Gasteiger partial charge is 0.0177 e. The van der Waals surface area contributed by atoms with E-state index >= 15 is 0 Å². The van der Waals surface area contributed by atoms with Gasteiger partial charge < -0.3 is 0 Å². The Labute approximate surface area is 88.5 Å². The average molecular weight is 239 g/mol. The molecule has 0 N–H and O–H groups in total. The maximum Gasteiger partial charge on any atom is 0.0177 e. The highest BCUT2D eigenvalue weighted by Gasteiger charge is 2.31. The summed E-state index contributed by atoms with van der Waals surface area (Å²) in [6, 6.07) is 10.9. The number of hydrogen-bond acceptors (Lipinski definition) is 0. The zero-order valence-corrected chi connectivity index (χ0v) is 9.50. The molecule has 1 heteroatoms. The fraction of sp³-hybridized carbons (Fsp3) is 0.500. The molecular formula is C12H15Br. The van der Waals surface area contributed by atoms with Gasteiger partial charge in [0.1, 0.15) is 0 Å². The van der Waals surface area contributed by atoms with Crippen LogP contribution in [0.15, 0.2) is 30.3 Å². The molecule has 13 heavy (non-hydrogen) atoms. The normalized spacial score (nSPS) is 33.5. The van der Waals surface area contributed by atoms with Gasteiger partial charge in [0.25, 0.3) is 0 Å². The van der Waals surface area contributed by atoms with Gasteiger partial charge in [0.05, 0.1) is 0 Å². The summed E-state index contributed by atoms with van der Waals surface area (Å²) >= 11 is 3.74. The predicted molar refractivity (Wildman–Crippen MR) is 60.3 cm³/mol. The molecule has 1 aliphatic rings. The van der Waals surface area contributed by atoms with Crippen LogP contribution in [0, 0.1) is 5.92 Å². The zero-order chi connectivity index (χ0) is 9.26. The van der Waals surface area contributed by atoms with Gasteiger partial charge in [0.15, 0.2) is 0 Å². The third-order valence-electron chi connectivity index (χ3n) is 3.19. The van der Waals surface area contributed by atoms with Gasteiger partial charge in [-0.1, -0.05) is 53.2 Å². The number of rotatable bonds is 1. The minimum absolute atomic E-state index is 0.720. The molecule has 1 aliphatic carbocycles. The van der Waals surface area contributed by atoms with Gasteiger partial charge in [-0.25, -0.2) is 0 Å². The molecule has 1 fully saturated rings. The first-order valence-electron chi connectivity index (χ1n) is 4.98. The van der Waals surface area contributed by atoms with E-state index in [1.165, 1.54) is 18.4 Å². The molecule has 0 nitrogen and oxygen atoms in total. The predicted octanol–water partition coefficient (Wildman–Crippen LogP) is 3.96. The Balaban J connectivity index is 2.19. The van der Waals surface area contributed by atoms with Crippen molar-refractivity contribution >= 4 is 15.9 Å². The molecule has 2 rings (SSSR count). The highest BCUT2D eigenvalue weighted by Crippen LogP contribution is 2.42. The molecule has 70 valence electrons. The van der Waals surface area contributed by atoms with Gasteiger partial charge in [-0.3, -0.25) is 0 Å². The first-order chi connectivity index (χ1) is 6.29. The van der Waals surface area contributed by atoms with Crippen LogP contribution in [0.25, 0.3) is 0 Å². The molecule has 0 aliphatic heterocycles. The van der Waals surface area contributed by atoms with Crippen molar-refractivity contribution in [3.63, 3.8) is 0 Å². The lowest BCUT2D eigenvalue weighted by Gasteiger charge is -2.17. The third-order valence-corrected chi connectivity index (χ3v) is 4.48. The second-order valence-corrected chi connectivity index (χ2v) is 5.15. The molecule has 1 aromatic carbocycles. The van der Waals surface area contributed by atoms with Crippen molar-refractivity contribution in [1.82, 2.24) is 0 Å². The van der Waals surface area contributed by atoms with Crippen LogP contribution >= 0.6 is 15.9 Å². The van der Waals surface area contributed by atoms with Gasteiger partial charge in [-0.15, -0.1) is 0 Å². The van der Waals surface area contributed by atoms with E-state index < -0.39 is 0 Å². The van der Waals surface area contributed by atoms with E-state index in [0.29, 0.717) is 0 Å². The molecule has 0 heterocycles. The molecule has 0 spiro atoms. The Morgan fingerprint density at radius 2 is 1.85 bits per heavy atom. The third kappa shape index (κ3) is 1.80. The Kier molecular flexibility index (Phi) is 2.73. The van der Waals surface area contributed by atoms with Gasteiger partial charge >= 0.3 is 0 Å². The van der Waals surface area contributed by atoms with Crippen LogP contribution in [-0.2, 0) is 0 Å². The van der Waals surface area contributed by atoms with Crippen LogP contribution in [0.5, 0.6) is 0 Å². The lowest BCUT2D eigenvalue weighted by molar-refractivity contribution is 0.545. The Bertz CT molecular complexity index is 268. The molecule has 0 saturated heterocycles. The molecule has 3 atom stereocenters. The highest BCUT2D eigenvalue weighted by molar-refractivity contribution is 9.09. The molecule has 0 bridgehead atoms. The van der Waals surface area contributed by atoms with Gasteiger partial charge in [-0.05, 0) is 30.2 Å². The van der Waals surface area contributed by atoms with Crippen LogP contribution in [0.1, 0.15) is 31.2 Å². The van der Waals surface area contributed by atoms with Gasteiger partial charge in [-0.2, -0.15) is 0 Å². The molecule has 3 unspecified atom stereocenters. The van der Waals surface area contributed by atoms with Crippen molar-refractivity contribution in [1.29, 1.82) is 0 Å². The molecule has 1 saturated carbocycles. The van der Waals surface area contributed by atoms with Gasteiger partial charge in [0, 0.05) is 4.83 Å². The zero-order valence-electron chi connectivity index (χ0n) is 7.91. The lowest BCUT2D eigenvalue weighted by atomic mass is 9.90. The minimum Gasteiger partial charge on any atom is -0.0888 e. The number of benzene rings is 1. The molecule has 0 aromatic heterocycles. The summed E-state index contributed by atoms with van der Waals surface area (Å²) in [5.41, 5.74) is 1.51. The summed E-state index contributed by atoms with van der Waals surface area (Å²) < 4.78 is 0. The molecule has 0 amide bonds. The highest BCUT2D eigenvalue weighted by atomic mass is 79.9. The minimum atomic E-state index is 0.720. The fourth-order valence-corrected chi connectivity index (χ4v) is 2.92. The van der Waals surface area contributed by atoms with E-state index in [-0.39, 0.29) is 0 Å². The van der Waals surface area contributed by atoms with E-state index in [2.05, 4.69) is 53.2 Å². The summed E-state index contributed by atoms with van der Waals surface area (Å²) in [7, 11) is 0. The standard InChI is InChI=1S/C12H15Br/c1-9-11(7-8-12(9)13)10-5-3-2-4-6-10/h2-6,9,11-12H,7-8H2,1H3. The van der Waals surface area contributed by atoms with E-state index in [1.54, 1.807) is 0 Å². The van der Waals surface area contributed by atoms with Crippen LogP contribution in [0.2, 0.25) is 0 Å². The van der Waals surface area contributed by atoms with E-state index in [4.69, 9.17) is 0 Å². The van der Waals surface area contributed by atoms with E-state index in [9.17, 15) is 0 Å². The van der Waals surface area contributed by atoms with Crippen molar-refractivity contribution in [2.75, 3.05) is 0 Å². The van der Waals surface area contributed by atoms with E-state index in [1.807, 2.05) is 0 Å². The first kappa shape index (κ1) is 9.26. The van der Waals surface area contributed by atoms with Crippen molar-refractivity contribution in [2.24, 2.45) is 5.92 Å². The Morgan fingerprint density at radius 1 is 1.15 bits per heavy atom. The molecule has 1 aromatic rings. The topological polar surface area (TPSA) is 0 Å². The summed E-state index contributed by atoms with van der Waals surface area (Å²) in [6.07, 6.45) is 2.65. The fourth-order valence-electron chi connectivity index (χ4n) is 2.29. The van der Waals surface area contributed by atoms with Gasteiger partial charge in [0.2, 0.25) is 0 Å². The van der Waals surface area contributed by atoms with Crippen LogP contribution in [-0.4, -0.2) is 4.83 Å². The first-order valence-corrected chi connectivity index (χ1v) is 5.89. The monoisotopic (exact) mass is 238 g/mol. The molecular weight excluding hydrogens is 224 g/mol. The van der Waals surface area contributed by atoms with E-state index in [0.717, 1.165) is 16.7 Å². The lowest BCUT2D eigenvalue weighted by Crippen LogP contribution is -2.08. The summed E-state index contributed by atoms with van der Waals surface area (Å²) in [4.78, 5) is 0.720. The maximum absolute atomic E-state index is 3.74.